The Morgan fingerprint density at radius 3 is 1.17 bits per heavy atom. The normalized spacial score (nSPS) is 15.3. The SMILES string of the molecule is c1ccc(-c2cccc(-c3cc(-c4ccc5c(c4)C4(Cc6ccccc6C4)c4ccccc4-5)cc(-c4ccc5c(c4)C4(Cc6ccccc6C4)c4ccccc4-5)c3)c2)nc1. The van der Waals surface area contributed by atoms with Crippen LogP contribution in [0.2, 0.25) is 0 Å². The van der Waals surface area contributed by atoms with Gasteiger partial charge in [-0.25, -0.2) is 0 Å². The summed E-state index contributed by atoms with van der Waals surface area (Å²) in [7, 11) is 0. The zero-order chi connectivity index (χ0) is 39.4. The molecule has 2 spiro atoms. The van der Waals surface area contributed by atoms with E-state index in [4.69, 9.17) is 4.98 Å². The van der Waals surface area contributed by atoms with Crippen LogP contribution in [-0.2, 0) is 36.5 Å². The molecule has 0 fully saturated rings. The number of hydrogen-bond acceptors (Lipinski definition) is 1. The van der Waals surface area contributed by atoms with Gasteiger partial charge in [-0.15, -0.1) is 0 Å². The molecular formula is C59H41N. The number of pyridine rings is 1. The third-order valence-electron chi connectivity index (χ3n) is 14.5. The van der Waals surface area contributed by atoms with Gasteiger partial charge in [0.2, 0.25) is 0 Å². The number of hydrogen-bond donors (Lipinski definition) is 0. The molecular weight excluding hydrogens is 723 g/mol. The standard InChI is InChI=1S/C59H41N/c1-2-13-43-35-58(34-42(43)12-1)53-20-7-5-18-49(53)51-25-23-39(32-55(51)58)47-29-46(38-16-11-17-41(28-38)57-22-9-10-27-60-57)30-48(31-47)40-24-26-52-50-19-6-8-21-54(50)59(56(52)33-40)36-44-14-3-4-15-45(44)37-59/h1-33H,34-37H2. The highest BCUT2D eigenvalue weighted by Gasteiger charge is 2.48. The first kappa shape index (κ1) is 33.8. The molecule has 9 aromatic rings. The fraction of sp³-hybridized carbons (Fsp3) is 0.102. The minimum absolute atomic E-state index is 0.0642. The zero-order valence-corrected chi connectivity index (χ0v) is 33.3. The average molecular weight is 764 g/mol. The molecule has 1 nitrogen and oxygen atoms in total. The highest BCUT2D eigenvalue weighted by molar-refractivity contribution is 5.90. The maximum atomic E-state index is 4.71. The van der Waals surface area contributed by atoms with Crippen molar-refractivity contribution >= 4 is 0 Å². The van der Waals surface area contributed by atoms with Crippen molar-refractivity contribution < 1.29 is 0 Å². The summed E-state index contributed by atoms with van der Waals surface area (Å²) in [5, 5.41) is 0. The van der Waals surface area contributed by atoms with Crippen LogP contribution >= 0.6 is 0 Å². The van der Waals surface area contributed by atoms with Gasteiger partial charge in [-0.1, -0.05) is 146 Å². The Labute approximate surface area is 351 Å². The quantitative estimate of drug-likeness (QED) is 0.174. The van der Waals surface area contributed by atoms with E-state index < -0.39 is 0 Å². The van der Waals surface area contributed by atoms with E-state index in [1.807, 2.05) is 12.3 Å². The predicted molar refractivity (Wildman–Crippen MR) is 246 cm³/mol. The molecule has 0 unspecified atom stereocenters. The van der Waals surface area contributed by atoms with E-state index in [0.717, 1.165) is 36.9 Å². The molecule has 4 aliphatic rings. The van der Waals surface area contributed by atoms with Gasteiger partial charge in [0.15, 0.2) is 0 Å². The van der Waals surface area contributed by atoms with Crippen molar-refractivity contribution in [2.24, 2.45) is 0 Å². The van der Waals surface area contributed by atoms with E-state index in [1.54, 1.807) is 0 Å². The molecule has 0 atom stereocenters. The minimum atomic E-state index is -0.0642. The van der Waals surface area contributed by atoms with Crippen LogP contribution < -0.4 is 0 Å². The monoisotopic (exact) mass is 763 g/mol. The summed E-state index contributed by atoms with van der Waals surface area (Å²) >= 11 is 0. The van der Waals surface area contributed by atoms with Crippen molar-refractivity contribution in [3.8, 4) is 66.9 Å². The smallest absolute Gasteiger partial charge is 0.0702 e. The van der Waals surface area contributed by atoms with Crippen molar-refractivity contribution in [1.29, 1.82) is 0 Å². The lowest BCUT2D eigenvalue weighted by molar-refractivity contribution is 0.564. The topological polar surface area (TPSA) is 12.9 Å². The lowest BCUT2D eigenvalue weighted by atomic mass is 9.75. The summed E-state index contributed by atoms with van der Waals surface area (Å²) in [5.41, 5.74) is 26.7. The summed E-state index contributed by atoms with van der Waals surface area (Å²) in [6.45, 7) is 0. The molecule has 1 heteroatoms. The molecule has 0 aliphatic heterocycles. The zero-order valence-electron chi connectivity index (χ0n) is 33.3. The van der Waals surface area contributed by atoms with Crippen LogP contribution in [0.5, 0.6) is 0 Å². The Balaban J connectivity index is 0.995. The van der Waals surface area contributed by atoms with Crippen LogP contribution in [0.15, 0.2) is 200 Å². The molecule has 0 bridgehead atoms. The molecule has 0 radical (unpaired) electrons. The van der Waals surface area contributed by atoms with E-state index in [2.05, 4.69) is 188 Å². The second-order valence-electron chi connectivity index (χ2n) is 17.6. The van der Waals surface area contributed by atoms with Gasteiger partial charge in [0, 0.05) is 22.6 Å². The number of fused-ring (bicyclic) bond motifs is 12. The maximum absolute atomic E-state index is 4.71. The number of aromatic nitrogens is 1. The molecule has 4 aliphatic carbocycles. The molecule has 1 heterocycles. The summed E-state index contributed by atoms with van der Waals surface area (Å²) in [6, 6.07) is 73.5. The number of nitrogens with zero attached hydrogens (tertiary/aromatic N) is 1. The van der Waals surface area contributed by atoms with Gasteiger partial charge in [0.25, 0.3) is 0 Å². The molecule has 0 saturated heterocycles. The Kier molecular flexibility index (Phi) is 7.16. The molecule has 13 rings (SSSR count). The van der Waals surface area contributed by atoms with Gasteiger partial charge >= 0.3 is 0 Å². The minimum Gasteiger partial charge on any atom is -0.256 e. The second-order valence-corrected chi connectivity index (χ2v) is 17.6. The Bertz CT molecular complexity index is 3000. The first-order valence-electron chi connectivity index (χ1n) is 21.4. The van der Waals surface area contributed by atoms with Crippen molar-refractivity contribution in [2.75, 3.05) is 0 Å². The second kappa shape index (κ2) is 12.7. The van der Waals surface area contributed by atoms with Gasteiger partial charge < -0.3 is 0 Å². The van der Waals surface area contributed by atoms with E-state index in [9.17, 15) is 0 Å². The maximum Gasteiger partial charge on any atom is 0.0702 e. The highest BCUT2D eigenvalue weighted by Crippen LogP contribution is 2.58. The van der Waals surface area contributed by atoms with Crippen molar-refractivity contribution in [2.45, 2.75) is 36.5 Å². The van der Waals surface area contributed by atoms with E-state index >= 15 is 0 Å². The van der Waals surface area contributed by atoms with E-state index in [1.165, 1.54) is 100 Å². The Morgan fingerprint density at radius 1 is 0.283 bits per heavy atom. The van der Waals surface area contributed by atoms with E-state index in [0.29, 0.717) is 0 Å². The molecule has 282 valence electrons. The molecule has 0 saturated carbocycles. The van der Waals surface area contributed by atoms with Crippen molar-refractivity contribution in [1.82, 2.24) is 4.98 Å². The van der Waals surface area contributed by atoms with Gasteiger partial charge in [0.1, 0.15) is 0 Å². The summed E-state index contributed by atoms with van der Waals surface area (Å²) in [6.07, 6.45) is 6.01. The van der Waals surface area contributed by atoms with Gasteiger partial charge in [-0.05, 0) is 174 Å². The van der Waals surface area contributed by atoms with Gasteiger partial charge in [-0.3, -0.25) is 4.98 Å². The molecule has 1 aromatic heterocycles. The van der Waals surface area contributed by atoms with E-state index in [-0.39, 0.29) is 10.8 Å². The van der Waals surface area contributed by atoms with Crippen LogP contribution in [0.3, 0.4) is 0 Å². The fourth-order valence-electron chi connectivity index (χ4n) is 11.8. The summed E-state index contributed by atoms with van der Waals surface area (Å²) < 4.78 is 0. The Hall–Kier alpha value is -7.09. The number of rotatable bonds is 4. The lowest BCUT2D eigenvalue weighted by Crippen LogP contribution is -2.25. The third-order valence-corrected chi connectivity index (χ3v) is 14.5. The van der Waals surface area contributed by atoms with Crippen LogP contribution in [0, 0.1) is 0 Å². The largest absolute Gasteiger partial charge is 0.256 e. The van der Waals surface area contributed by atoms with Gasteiger partial charge in [0.05, 0.1) is 5.69 Å². The first-order chi connectivity index (χ1) is 29.6. The summed E-state index contributed by atoms with van der Waals surface area (Å²) in [5.74, 6) is 0. The van der Waals surface area contributed by atoms with Crippen LogP contribution in [0.25, 0.3) is 66.9 Å². The third kappa shape index (κ3) is 4.90. The summed E-state index contributed by atoms with van der Waals surface area (Å²) in [4.78, 5) is 4.71. The van der Waals surface area contributed by atoms with Crippen molar-refractivity contribution in [3.05, 3.63) is 245 Å². The van der Waals surface area contributed by atoms with Crippen LogP contribution in [0.1, 0.15) is 44.5 Å². The fourth-order valence-corrected chi connectivity index (χ4v) is 11.8. The lowest BCUT2D eigenvalue weighted by Gasteiger charge is -2.27. The predicted octanol–water partition coefficient (Wildman–Crippen LogP) is 13.9. The molecule has 0 N–H and O–H groups in total. The van der Waals surface area contributed by atoms with Crippen LogP contribution in [-0.4, -0.2) is 4.98 Å². The molecule has 0 amide bonds. The molecule has 8 aromatic carbocycles. The van der Waals surface area contributed by atoms with Gasteiger partial charge in [-0.2, -0.15) is 0 Å². The van der Waals surface area contributed by atoms with Crippen LogP contribution in [0.4, 0.5) is 0 Å². The number of benzene rings is 8. The first-order valence-corrected chi connectivity index (χ1v) is 21.4. The Morgan fingerprint density at radius 2 is 0.683 bits per heavy atom. The highest BCUT2D eigenvalue weighted by atomic mass is 14.7. The average Bonchev–Trinajstić information content (AvgIpc) is 4.05. The molecule has 60 heavy (non-hydrogen) atoms. The van der Waals surface area contributed by atoms with Crippen molar-refractivity contribution in [3.63, 3.8) is 0 Å².